The van der Waals surface area contributed by atoms with Crippen molar-refractivity contribution in [1.82, 2.24) is 20.4 Å². The van der Waals surface area contributed by atoms with E-state index in [1.54, 1.807) is 28.9 Å². The number of para-hydroxylation sites is 2. The van der Waals surface area contributed by atoms with Crippen molar-refractivity contribution in [3.05, 3.63) is 58.6 Å². The number of anilines is 1. The van der Waals surface area contributed by atoms with Crippen LogP contribution < -0.4 is 15.9 Å². The Bertz CT molecular complexity index is 859. The first-order valence-electron chi connectivity index (χ1n) is 8.96. The number of benzene rings is 1. The zero-order valence-electron chi connectivity index (χ0n) is 15.6. The molecule has 1 aliphatic rings. The van der Waals surface area contributed by atoms with E-state index in [-0.39, 0.29) is 28.9 Å². The molecule has 0 bridgehead atoms. The molecular formula is C19H24N5O3-. The van der Waals surface area contributed by atoms with Gasteiger partial charge in [0.15, 0.2) is 0 Å². The van der Waals surface area contributed by atoms with Gasteiger partial charge in [0.2, 0.25) is 0 Å². The minimum atomic E-state index is -0.177. The van der Waals surface area contributed by atoms with Crippen LogP contribution in [0.5, 0.6) is 0 Å². The molecule has 2 aromatic rings. The number of aromatic nitrogens is 2. The van der Waals surface area contributed by atoms with Crippen molar-refractivity contribution in [3.63, 3.8) is 0 Å². The first-order chi connectivity index (χ1) is 12.9. The number of hydrogen-bond donors (Lipinski definition) is 3. The van der Waals surface area contributed by atoms with Crippen molar-refractivity contribution in [3.8, 4) is 5.69 Å². The van der Waals surface area contributed by atoms with Gasteiger partial charge >= 0.3 is 6.03 Å². The molecule has 0 aliphatic heterocycles. The fourth-order valence-corrected chi connectivity index (χ4v) is 3.63. The number of nitrogens with one attached hydrogen (secondary N) is 2. The molecule has 1 aromatic carbocycles. The Balaban J connectivity index is 1.86. The van der Waals surface area contributed by atoms with Crippen molar-refractivity contribution < 1.29 is 10.0 Å². The standard InChI is InChI=1S/C19H24N5O3/c1-4-20-19(25)21-15-10-9-14(11-15)18-12(2)22-23(13(18)3)16-7-5-6-8-17(16)24(26)27/h5-10,14-15,26H,4,11H2,1-3H3,(H2,20,21,25)/q-1. The molecule has 0 spiro atoms. The second kappa shape index (κ2) is 7.81. The third-order valence-corrected chi connectivity index (χ3v) is 4.77. The van der Waals surface area contributed by atoms with Crippen LogP contribution in [0.15, 0.2) is 36.4 Å². The molecule has 27 heavy (non-hydrogen) atoms. The molecule has 3 rings (SSSR count). The average molecular weight is 370 g/mol. The minimum absolute atomic E-state index is 0.0365. The SMILES string of the molecule is CCNC(=O)NC1C=CC(c2c(C)nn(-c3ccccc3N([O-])O)c2C)C1. The predicted octanol–water partition coefficient (Wildman–Crippen LogP) is 2.91. The quantitative estimate of drug-likeness (QED) is 0.554. The van der Waals surface area contributed by atoms with Gasteiger partial charge in [0, 0.05) is 29.8 Å². The fraction of sp³-hybridized carbons (Fsp3) is 0.368. The van der Waals surface area contributed by atoms with Crippen LogP contribution in [-0.2, 0) is 0 Å². The summed E-state index contributed by atoms with van der Waals surface area (Å²) < 4.78 is 1.68. The molecule has 1 aromatic heterocycles. The van der Waals surface area contributed by atoms with Gasteiger partial charge in [-0.05, 0) is 39.3 Å². The lowest BCUT2D eigenvalue weighted by Gasteiger charge is -2.24. The molecule has 2 unspecified atom stereocenters. The summed E-state index contributed by atoms with van der Waals surface area (Å²) in [6.45, 7) is 6.32. The number of urea groups is 1. The number of carbonyl (C=O) groups excluding carboxylic acids is 1. The fourth-order valence-electron chi connectivity index (χ4n) is 3.63. The van der Waals surface area contributed by atoms with E-state index in [1.165, 1.54) is 0 Å². The number of amides is 2. The van der Waals surface area contributed by atoms with Crippen molar-refractivity contribution in [2.75, 3.05) is 11.8 Å². The molecule has 0 saturated heterocycles. The zero-order valence-corrected chi connectivity index (χ0v) is 15.6. The van der Waals surface area contributed by atoms with Gasteiger partial charge in [0.25, 0.3) is 0 Å². The van der Waals surface area contributed by atoms with Crippen LogP contribution in [0.2, 0.25) is 0 Å². The van der Waals surface area contributed by atoms with Crippen molar-refractivity contribution in [2.45, 2.75) is 39.2 Å². The van der Waals surface area contributed by atoms with Gasteiger partial charge in [-0.15, -0.1) is 0 Å². The van der Waals surface area contributed by atoms with Crippen LogP contribution in [0.4, 0.5) is 10.5 Å². The maximum Gasteiger partial charge on any atom is 0.315 e. The summed E-state index contributed by atoms with van der Waals surface area (Å²) in [4.78, 5) is 11.7. The molecule has 0 radical (unpaired) electrons. The molecule has 0 saturated carbocycles. The topological polar surface area (TPSA) is 105 Å². The summed E-state index contributed by atoms with van der Waals surface area (Å²) in [5.74, 6) is 0.121. The Morgan fingerprint density at radius 3 is 2.81 bits per heavy atom. The zero-order chi connectivity index (χ0) is 19.6. The van der Waals surface area contributed by atoms with E-state index >= 15 is 0 Å². The van der Waals surface area contributed by atoms with Gasteiger partial charge < -0.3 is 21.1 Å². The Morgan fingerprint density at radius 2 is 2.11 bits per heavy atom. The van der Waals surface area contributed by atoms with E-state index in [2.05, 4.69) is 21.8 Å². The van der Waals surface area contributed by atoms with Crippen LogP contribution >= 0.6 is 0 Å². The largest absolute Gasteiger partial charge is 0.733 e. The minimum Gasteiger partial charge on any atom is -0.733 e. The molecule has 8 heteroatoms. The van der Waals surface area contributed by atoms with Crippen molar-refractivity contribution in [2.24, 2.45) is 0 Å². The summed E-state index contributed by atoms with van der Waals surface area (Å²) in [5.41, 5.74) is 3.46. The molecule has 0 fully saturated rings. The Labute approximate surface area is 158 Å². The molecule has 8 nitrogen and oxygen atoms in total. The summed E-state index contributed by atoms with van der Waals surface area (Å²) >= 11 is 0. The molecule has 2 atom stereocenters. The number of nitrogens with zero attached hydrogens (tertiary/aromatic N) is 3. The lowest BCUT2D eigenvalue weighted by molar-refractivity contribution is 0.239. The third kappa shape index (κ3) is 3.81. The van der Waals surface area contributed by atoms with Crippen LogP contribution in [0, 0.1) is 19.1 Å². The summed E-state index contributed by atoms with van der Waals surface area (Å²) in [6.07, 6.45) is 4.83. The highest BCUT2D eigenvalue weighted by molar-refractivity contribution is 5.74. The van der Waals surface area contributed by atoms with Gasteiger partial charge in [-0.1, -0.05) is 24.3 Å². The van der Waals surface area contributed by atoms with Gasteiger partial charge in [-0.25, -0.2) is 9.48 Å². The number of allylic oxidation sites excluding steroid dienone is 1. The number of aryl methyl sites for hydroxylation is 1. The number of hydrogen-bond acceptors (Lipinski definition) is 5. The predicted molar refractivity (Wildman–Crippen MR) is 103 cm³/mol. The highest BCUT2D eigenvalue weighted by Crippen LogP contribution is 2.35. The van der Waals surface area contributed by atoms with Gasteiger partial charge in [-0.2, -0.15) is 5.10 Å². The third-order valence-electron chi connectivity index (χ3n) is 4.77. The molecule has 1 heterocycles. The second-order valence-electron chi connectivity index (χ2n) is 6.60. The normalized spacial score (nSPS) is 18.6. The first kappa shape index (κ1) is 18.9. The molecule has 2 amide bonds. The maximum atomic E-state index is 11.7. The highest BCUT2D eigenvalue weighted by Gasteiger charge is 2.27. The molecule has 1 aliphatic carbocycles. The molecular weight excluding hydrogens is 346 g/mol. The lowest BCUT2D eigenvalue weighted by atomic mass is 9.96. The van der Waals surface area contributed by atoms with E-state index in [1.807, 2.05) is 26.8 Å². The molecule has 3 N–H and O–H groups in total. The van der Waals surface area contributed by atoms with Gasteiger partial charge in [0.1, 0.15) is 0 Å². The van der Waals surface area contributed by atoms with Gasteiger partial charge in [-0.3, -0.25) is 5.21 Å². The van der Waals surface area contributed by atoms with Crippen LogP contribution in [-0.4, -0.2) is 33.6 Å². The van der Waals surface area contributed by atoms with E-state index < -0.39 is 0 Å². The lowest BCUT2D eigenvalue weighted by Crippen LogP contribution is -2.40. The van der Waals surface area contributed by atoms with Crippen LogP contribution in [0.25, 0.3) is 5.69 Å². The van der Waals surface area contributed by atoms with Crippen molar-refractivity contribution >= 4 is 11.7 Å². The van der Waals surface area contributed by atoms with Crippen LogP contribution in [0.3, 0.4) is 0 Å². The summed E-state index contributed by atoms with van der Waals surface area (Å²) in [7, 11) is 0. The Hall–Kier alpha value is -2.84. The highest BCUT2D eigenvalue weighted by atomic mass is 16.8. The number of rotatable bonds is 5. The summed E-state index contributed by atoms with van der Waals surface area (Å²) in [5, 5.41) is 31.0. The molecule has 144 valence electrons. The monoisotopic (exact) mass is 370 g/mol. The van der Waals surface area contributed by atoms with Crippen molar-refractivity contribution in [1.29, 1.82) is 0 Å². The first-order valence-corrected chi connectivity index (χ1v) is 8.96. The number of carbonyl (C=O) groups is 1. The Morgan fingerprint density at radius 1 is 1.37 bits per heavy atom. The average Bonchev–Trinajstić information content (AvgIpc) is 3.18. The van der Waals surface area contributed by atoms with Crippen LogP contribution in [0.1, 0.15) is 36.2 Å². The maximum absolute atomic E-state index is 11.7. The van der Waals surface area contributed by atoms with E-state index in [4.69, 9.17) is 0 Å². The smallest absolute Gasteiger partial charge is 0.315 e. The van der Waals surface area contributed by atoms with E-state index in [9.17, 15) is 15.2 Å². The van der Waals surface area contributed by atoms with Gasteiger partial charge in [0.05, 0.1) is 17.1 Å². The van der Waals surface area contributed by atoms with E-state index in [0.29, 0.717) is 12.2 Å². The second-order valence-corrected chi connectivity index (χ2v) is 6.60. The van der Waals surface area contributed by atoms with E-state index in [0.717, 1.165) is 23.4 Å². The summed E-state index contributed by atoms with van der Waals surface area (Å²) in [6, 6.07) is 6.54. The Kier molecular flexibility index (Phi) is 5.48.